The second kappa shape index (κ2) is 7.93. The molecule has 0 saturated carbocycles. The highest BCUT2D eigenvalue weighted by molar-refractivity contribution is 6.21. The minimum atomic E-state index is -0.798. The van der Waals surface area contributed by atoms with Gasteiger partial charge < -0.3 is 14.3 Å². The number of hydrogen-bond donors (Lipinski definition) is 1. The van der Waals surface area contributed by atoms with Gasteiger partial charge in [-0.3, -0.25) is 14.5 Å². The molecule has 0 radical (unpaired) electrons. The fraction of sp³-hybridized carbons (Fsp3) is 0.400. The third-order valence-corrected chi connectivity index (χ3v) is 4.51. The summed E-state index contributed by atoms with van der Waals surface area (Å²) in [7, 11) is 0. The number of esters is 1. The number of nitrogens with zero attached hydrogens (tertiary/aromatic N) is 2. The zero-order valence-electron chi connectivity index (χ0n) is 16.0. The standard InChI is InChI=1S/C20H22N2O6/c1-4-27-20(26)15-14(9-10-23)28-17(21-15)16(11(2)3)22-18(24)12-7-5-6-8-13(12)19(22)25/h5-8,11,16,23H,4,9-10H2,1-3H3/t16-/m0/s1. The molecule has 0 bridgehead atoms. The van der Waals surface area contributed by atoms with Crippen molar-refractivity contribution in [2.24, 2.45) is 5.92 Å². The van der Waals surface area contributed by atoms with E-state index in [0.29, 0.717) is 11.1 Å². The van der Waals surface area contributed by atoms with Crippen LogP contribution in [0.15, 0.2) is 28.7 Å². The summed E-state index contributed by atoms with van der Waals surface area (Å²) in [5.74, 6) is -1.53. The van der Waals surface area contributed by atoms with Gasteiger partial charge >= 0.3 is 5.97 Å². The smallest absolute Gasteiger partial charge is 0.360 e. The second-order valence-electron chi connectivity index (χ2n) is 6.73. The fourth-order valence-electron chi connectivity index (χ4n) is 3.28. The number of amides is 2. The van der Waals surface area contributed by atoms with E-state index >= 15 is 0 Å². The molecular weight excluding hydrogens is 364 g/mol. The fourth-order valence-corrected chi connectivity index (χ4v) is 3.28. The highest BCUT2D eigenvalue weighted by Crippen LogP contribution is 2.36. The van der Waals surface area contributed by atoms with Crippen LogP contribution in [0.5, 0.6) is 0 Å². The molecule has 8 nitrogen and oxygen atoms in total. The summed E-state index contributed by atoms with van der Waals surface area (Å²) in [6.07, 6.45) is 0.0636. The van der Waals surface area contributed by atoms with Crippen LogP contribution in [-0.4, -0.2) is 46.0 Å². The van der Waals surface area contributed by atoms with Crippen LogP contribution in [0.25, 0.3) is 0 Å². The lowest BCUT2D eigenvalue weighted by molar-refractivity contribution is 0.0501. The lowest BCUT2D eigenvalue weighted by Gasteiger charge is -2.26. The van der Waals surface area contributed by atoms with Crippen LogP contribution < -0.4 is 0 Å². The SMILES string of the molecule is CCOC(=O)c1nc([C@H](C(C)C)N2C(=O)c3ccccc3C2=O)oc1CCO. The van der Waals surface area contributed by atoms with E-state index in [4.69, 9.17) is 9.15 Å². The van der Waals surface area contributed by atoms with Gasteiger partial charge in [-0.25, -0.2) is 9.78 Å². The van der Waals surface area contributed by atoms with E-state index < -0.39 is 23.8 Å². The first-order valence-electron chi connectivity index (χ1n) is 9.15. The molecule has 1 aromatic heterocycles. The highest BCUT2D eigenvalue weighted by atomic mass is 16.5. The van der Waals surface area contributed by atoms with Crippen LogP contribution >= 0.6 is 0 Å². The lowest BCUT2D eigenvalue weighted by atomic mass is 10.0. The topological polar surface area (TPSA) is 110 Å². The summed E-state index contributed by atoms with van der Waals surface area (Å²) < 4.78 is 10.7. The molecule has 148 valence electrons. The minimum Gasteiger partial charge on any atom is -0.461 e. The summed E-state index contributed by atoms with van der Waals surface area (Å²) in [4.78, 5) is 43.3. The van der Waals surface area contributed by atoms with Crippen molar-refractivity contribution in [3.8, 4) is 0 Å². The molecule has 0 spiro atoms. The molecule has 2 heterocycles. The first-order valence-corrected chi connectivity index (χ1v) is 9.15. The number of ether oxygens (including phenoxy) is 1. The molecule has 2 aromatic rings. The average molecular weight is 386 g/mol. The average Bonchev–Trinajstić information content (AvgIpc) is 3.18. The number of hydrogen-bond acceptors (Lipinski definition) is 7. The molecule has 1 aliphatic heterocycles. The molecule has 1 atom stereocenters. The van der Waals surface area contributed by atoms with E-state index in [0.717, 1.165) is 4.90 Å². The van der Waals surface area contributed by atoms with E-state index in [2.05, 4.69) is 4.98 Å². The quantitative estimate of drug-likeness (QED) is 0.574. The van der Waals surface area contributed by atoms with Crippen molar-refractivity contribution in [3.05, 3.63) is 52.7 Å². The number of fused-ring (bicyclic) bond motifs is 1. The van der Waals surface area contributed by atoms with E-state index in [1.54, 1.807) is 31.2 Å². The largest absolute Gasteiger partial charge is 0.461 e. The van der Waals surface area contributed by atoms with Crippen molar-refractivity contribution in [1.82, 2.24) is 9.88 Å². The highest BCUT2D eigenvalue weighted by Gasteiger charge is 2.44. The third kappa shape index (κ3) is 3.31. The number of aliphatic hydroxyl groups is 1. The van der Waals surface area contributed by atoms with Crippen LogP contribution in [0.2, 0.25) is 0 Å². The summed E-state index contributed by atoms with van der Waals surface area (Å²) in [5.41, 5.74) is 0.602. The van der Waals surface area contributed by atoms with Gasteiger partial charge in [0.15, 0.2) is 5.69 Å². The number of aliphatic hydroxyl groups excluding tert-OH is 1. The third-order valence-electron chi connectivity index (χ3n) is 4.51. The molecule has 28 heavy (non-hydrogen) atoms. The van der Waals surface area contributed by atoms with Crippen LogP contribution in [0.3, 0.4) is 0 Å². The normalized spacial score (nSPS) is 14.5. The Morgan fingerprint density at radius 2 is 1.82 bits per heavy atom. The Bertz CT molecular complexity index is 882. The maximum atomic E-state index is 12.9. The van der Waals surface area contributed by atoms with Gasteiger partial charge in [0.2, 0.25) is 5.89 Å². The maximum Gasteiger partial charge on any atom is 0.360 e. The zero-order chi connectivity index (χ0) is 20.4. The Kier molecular flexibility index (Phi) is 5.60. The van der Waals surface area contributed by atoms with Crippen LogP contribution in [0.1, 0.15) is 69.7 Å². The Morgan fingerprint density at radius 1 is 1.21 bits per heavy atom. The molecular formula is C20H22N2O6. The number of oxazole rings is 1. The number of aromatic nitrogens is 1. The first-order chi connectivity index (χ1) is 13.4. The molecule has 0 fully saturated rings. The summed E-state index contributed by atoms with van der Waals surface area (Å²) >= 11 is 0. The molecule has 0 saturated heterocycles. The van der Waals surface area contributed by atoms with Gasteiger partial charge in [-0.15, -0.1) is 0 Å². The predicted molar refractivity (Wildman–Crippen MR) is 97.8 cm³/mol. The summed E-state index contributed by atoms with van der Waals surface area (Å²) in [6, 6.07) is 5.80. The van der Waals surface area contributed by atoms with Gasteiger partial charge in [0, 0.05) is 6.42 Å². The Hall–Kier alpha value is -3.00. The van der Waals surface area contributed by atoms with Gasteiger partial charge in [-0.05, 0) is 25.0 Å². The summed E-state index contributed by atoms with van der Waals surface area (Å²) in [6.45, 7) is 5.23. The second-order valence-corrected chi connectivity index (χ2v) is 6.73. The van der Waals surface area contributed by atoms with E-state index in [1.165, 1.54) is 0 Å². The van der Waals surface area contributed by atoms with Crippen molar-refractivity contribution in [2.45, 2.75) is 33.2 Å². The number of carbonyl (C=O) groups excluding carboxylic acids is 3. The van der Waals surface area contributed by atoms with Crippen molar-refractivity contribution in [2.75, 3.05) is 13.2 Å². The number of carbonyl (C=O) groups is 3. The van der Waals surface area contributed by atoms with E-state index in [-0.39, 0.29) is 42.9 Å². The van der Waals surface area contributed by atoms with Crippen molar-refractivity contribution < 1.29 is 28.6 Å². The van der Waals surface area contributed by atoms with Crippen LogP contribution in [0, 0.1) is 5.92 Å². The maximum absolute atomic E-state index is 12.9. The van der Waals surface area contributed by atoms with Crippen molar-refractivity contribution in [1.29, 1.82) is 0 Å². The Labute approximate surface area is 162 Å². The van der Waals surface area contributed by atoms with E-state index in [9.17, 15) is 19.5 Å². The molecule has 8 heteroatoms. The van der Waals surface area contributed by atoms with Gasteiger partial charge in [-0.1, -0.05) is 26.0 Å². The van der Waals surface area contributed by atoms with Gasteiger partial charge in [0.1, 0.15) is 11.8 Å². The lowest BCUT2D eigenvalue weighted by Crippen LogP contribution is -2.37. The molecule has 3 rings (SSSR count). The van der Waals surface area contributed by atoms with E-state index in [1.807, 2.05) is 13.8 Å². The predicted octanol–water partition coefficient (Wildman–Crippen LogP) is 2.38. The van der Waals surface area contributed by atoms with Crippen LogP contribution in [0.4, 0.5) is 0 Å². The molecule has 1 aliphatic rings. The monoisotopic (exact) mass is 386 g/mol. The number of rotatable bonds is 7. The molecule has 2 amide bonds. The summed E-state index contributed by atoms with van der Waals surface area (Å²) in [5, 5.41) is 9.27. The van der Waals surface area contributed by atoms with Crippen LogP contribution in [-0.2, 0) is 11.2 Å². The molecule has 1 aromatic carbocycles. The minimum absolute atomic E-state index is 0.0480. The molecule has 1 N–H and O–H groups in total. The van der Waals surface area contributed by atoms with Gasteiger partial charge in [0.05, 0.1) is 24.3 Å². The van der Waals surface area contributed by atoms with Crippen molar-refractivity contribution >= 4 is 17.8 Å². The number of benzene rings is 1. The van der Waals surface area contributed by atoms with Crippen molar-refractivity contribution in [3.63, 3.8) is 0 Å². The van der Waals surface area contributed by atoms with Gasteiger partial charge in [-0.2, -0.15) is 0 Å². The first kappa shape index (κ1) is 19.8. The molecule has 0 aliphatic carbocycles. The molecule has 0 unspecified atom stereocenters. The zero-order valence-corrected chi connectivity index (χ0v) is 16.0. The Balaban J connectivity index is 2.05. The number of imide groups is 1. The van der Waals surface area contributed by atoms with Gasteiger partial charge in [0.25, 0.3) is 11.8 Å². The Morgan fingerprint density at radius 3 is 2.32 bits per heavy atom.